The third-order valence-electron chi connectivity index (χ3n) is 4.28. The van der Waals surface area contributed by atoms with Crippen molar-refractivity contribution in [1.82, 2.24) is 0 Å². The van der Waals surface area contributed by atoms with Gasteiger partial charge in [0.25, 0.3) is 0 Å². The molecule has 0 spiro atoms. The maximum Gasteiger partial charge on any atom is 0.342 e. The molecule has 1 aromatic heterocycles. The zero-order valence-electron chi connectivity index (χ0n) is 15.6. The normalized spacial score (nSPS) is 11.8. The van der Waals surface area contributed by atoms with Crippen molar-refractivity contribution in [3.63, 3.8) is 0 Å². The van der Waals surface area contributed by atoms with Gasteiger partial charge in [-0.05, 0) is 44.2 Å². The summed E-state index contributed by atoms with van der Waals surface area (Å²) >= 11 is 0. The van der Waals surface area contributed by atoms with Gasteiger partial charge in [0.15, 0.2) is 0 Å². The first kappa shape index (κ1) is 19.5. The van der Waals surface area contributed by atoms with Crippen molar-refractivity contribution in [2.24, 2.45) is 0 Å². The zero-order valence-corrected chi connectivity index (χ0v) is 15.6. The largest absolute Gasteiger partial charge is 0.462 e. The number of halogens is 1. The first-order chi connectivity index (χ1) is 13.5. The number of carbonyl (C=O) groups excluding carboxylic acids is 1. The molecule has 0 aliphatic rings. The van der Waals surface area contributed by atoms with E-state index in [1.54, 1.807) is 26.0 Å². The summed E-state index contributed by atoms with van der Waals surface area (Å²) in [6, 6.07) is 9.01. The van der Waals surface area contributed by atoms with E-state index in [0.717, 1.165) is 0 Å². The molecule has 1 heterocycles. The van der Waals surface area contributed by atoms with Crippen LogP contribution in [0.5, 0.6) is 0 Å². The van der Waals surface area contributed by atoms with Crippen LogP contribution in [0, 0.1) is 18.2 Å². The lowest BCUT2D eigenvalue weighted by atomic mass is 10.0. The summed E-state index contributed by atoms with van der Waals surface area (Å²) in [5.74, 6) is 1.81. The Bertz CT molecular complexity index is 1050. The lowest BCUT2D eigenvalue weighted by Gasteiger charge is -2.13. The number of furan rings is 1. The van der Waals surface area contributed by atoms with Gasteiger partial charge in [0.2, 0.25) is 0 Å². The summed E-state index contributed by atoms with van der Waals surface area (Å²) < 4.78 is 24.5. The molecule has 6 heteroatoms. The van der Waals surface area contributed by atoms with E-state index in [4.69, 9.17) is 15.6 Å². The molecule has 0 aliphatic carbocycles. The van der Waals surface area contributed by atoms with Crippen molar-refractivity contribution >= 4 is 22.6 Å². The zero-order chi connectivity index (χ0) is 20.3. The van der Waals surface area contributed by atoms with Crippen LogP contribution in [-0.4, -0.2) is 24.2 Å². The summed E-state index contributed by atoms with van der Waals surface area (Å²) in [5, 5.41) is 13.7. The number of hydrogen-bond donors (Lipinski definition) is 2. The number of ether oxygens (including phenoxy) is 1. The number of benzene rings is 2. The van der Waals surface area contributed by atoms with E-state index >= 15 is 0 Å². The van der Waals surface area contributed by atoms with Gasteiger partial charge in [-0.2, -0.15) is 0 Å². The molecule has 2 N–H and O–H groups in total. The predicted octanol–water partition coefficient (Wildman–Crippen LogP) is 4.51. The van der Waals surface area contributed by atoms with Gasteiger partial charge in [0.1, 0.15) is 22.7 Å². The number of fused-ring (bicyclic) bond motifs is 1. The van der Waals surface area contributed by atoms with Crippen molar-refractivity contribution < 1.29 is 23.4 Å². The molecule has 144 valence electrons. The van der Waals surface area contributed by atoms with Crippen LogP contribution in [-0.2, 0) is 4.74 Å². The fourth-order valence-corrected chi connectivity index (χ4v) is 3.02. The highest BCUT2D eigenvalue weighted by molar-refractivity contribution is 6.09. The minimum absolute atomic E-state index is 0.194. The van der Waals surface area contributed by atoms with Crippen LogP contribution in [0.2, 0.25) is 0 Å². The van der Waals surface area contributed by atoms with Gasteiger partial charge in [-0.1, -0.05) is 5.92 Å². The summed E-state index contributed by atoms with van der Waals surface area (Å²) in [4.78, 5) is 12.7. The SMILES string of the molecule is C#CCNc1cc2oc(-c3ccc(F)cc3)c(C(=O)OCC)c2cc1C(C)O. The minimum Gasteiger partial charge on any atom is -0.462 e. The highest BCUT2D eigenvalue weighted by atomic mass is 19.1. The molecule has 0 aliphatic heterocycles. The van der Waals surface area contributed by atoms with Crippen LogP contribution in [0.3, 0.4) is 0 Å². The van der Waals surface area contributed by atoms with Gasteiger partial charge in [-0.25, -0.2) is 9.18 Å². The van der Waals surface area contributed by atoms with Crippen LogP contribution in [0.25, 0.3) is 22.3 Å². The van der Waals surface area contributed by atoms with E-state index in [1.165, 1.54) is 24.3 Å². The Morgan fingerprint density at radius 2 is 2.07 bits per heavy atom. The third-order valence-corrected chi connectivity index (χ3v) is 4.28. The Labute approximate surface area is 162 Å². The molecule has 1 atom stereocenters. The molecular formula is C22H20FNO4. The van der Waals surface area contributed by atoms with Crippen LogP contribution >= 0.6 is 0 Å². The van der Waals surface area contributed by atoms with E-state index in [-0.39, 0.29) is 24.5 Å². The molecule has 1 unspecified atom stereocenters. The van der Waals surface area contributed by atoms with Crippen molar-refractivity contribution in [1.29, 1.82) is 0 Å². The molecule has 0 amide bonds. The molecule has 5 nitrogen and oxygen atoms in total. The molecule has 3 aromatic rings. The highest BCUT2D eigenvalue weighted by Crippen LogP contribution is 2.38. The lowest BCUT2D eigenvalue weighted by molar-refractivity contribution is 0.0528. The van der Waals surface area contributed by atoms with Gasteiger partial charge in [-0.3, -0.25) is 0 Å². The Morgan fingerprint density at radius 3 is 2.68 bits per heavy atom. The number of terminal acetylenes is 1. The number of nitrogens with one attached hydrogen (secondary N) is 1. The molecule has 28 heavy (non-hydrogen) atoms. The first-order valence-electron chi connectivity index (χ1n) is 8.85. The van der Waals surface area contributed by atoms with Crippen LogP contribution in [0.15, 0.2) is 40.8 Å². The molecular weight excluding hydrogens is 361 g/mol. The molecule has 0 fully saturated rings. The number of carbonyl (C=O) groups is 1. The van der Waals surface area contributed by atoms with E-state index in [9.17, 15) is 14.3 Å². The standard InChI is InChI=1S/C22H20FNO4/c1-4-10-24-18-12-19-17(11-16(18)13(3)25)20(22(26)27-5-2)21(28-19)14-6-8-15(23)9-7-14/h1,6-9,11-13,24-25H,5,10H2,2-3H3. The Balaban J connectivity index is 2.27. The van der Waals surface area contributed by atoms with Crippen molar-refractivity contribution in [3.8, 4) is 23.7 Å². The van der Waals surface area contributed by atoms with Gasteiger partial charge < -0.3 is 19.6 Å². The van der Waals surface area contributed by atoms with Gasteiger partial charge in [-0.15, -0.1) is 6.42 Å². The topological polar surface area (TPSA) is 71.7 Å². The van der Waals surface area contributed by atoms with E-state index in [2.05, 4.69) is 11.2 Å². The fraction of sp³-hybridized carbons (Fsp3) is 0.227. The van der Waals surface area contributed by atoms with E-state index in [0.29, 0.717) is 27.8 Å². The number of rotatable bonds is 6. The van der Waals surface area contributed by atoms with Gasteiger partial charge in [0.05, 0.1) is 19.3 Å². The number of anilines is 1. The van der Waals surface area contributed by atoms with Crippen LogP contribution in [0.4, 0.5) is 10.1 Å². The second kappa shape index (κ2) is 8.15. The summed E-state index contributed by atoms with van der Waals surface area (Å²) in [5.41, 5.74) is 2.37. The number of aliphatic hydroxyl groups excluding tert-OH is 1. The average Bonchev–Trinajstić information content (AvgIpc) is 3.04. The fourth-order valence-electron chi connectivity index (χ4n) is 3.02. The second-order valence-electron chi connectivity index (χ2n) is 6.20. The summed E-state index contributed by atoms with van der Waals surface area (Å²) in [6.07, 6.45) is 4.51. The maximum atomic E-state index is 13.3. The first-order valence-corrected chi connectivity index (χ1v) is 8.85. The van der Waals surface area contributed by atoms with Crippen LogP contribution in [0.1, 0.15) is 35.9 Å². The smallest absolute Gasteiger partial charge is 0.342 e. The number of hydrogen-bond acceptors (Lipinski definition) is 5. The Kier molecular flexibility index (Phi) is 5.67. The molecule has 2 aromatic carbocycles. The minimum atomic E-state index is -0.802. The highest BCUT2D eigenvalue weighted by Gasteiger charge is 2.25. The van der Waals surface area contributed by atoms with E-state index in [1.807, 2.05) is 0 Å². The quantitative estimate of drug-likeness (QED) is 0.485. The third kappa shape index (κ3) is 3.71. The summed E-state index contributed by atoms with van der Waals surface area (Å²) in [7, 11) is 0. The predicted molar refractivity (Wildman–Crippen MR) is 106 cm³/mol. The van der Waals surface area contributed by atoms with Crippen molar-refractivity contribution in [2.75, 3.05) is 18.5 Å². The lowest BCUT2D eigenvalue weighted by Crippen LogP contribution is -2.07. The average molecular weight is 381 g/mol. The van der Waals surface area contributed by atoms with Gasteiger partial charge in [0, 0.05) is 28.3 Å². The van der Waals surface area contributed by atoms with Gasteiger partial charge >= 0.3 is 5.97 Å². The number of aliphatic hydroxyl groups is 1. The second-order valence-corrected chi connectivity index (χ2v) is 6.20. The van der Waals surface area contributed by atoms with E-state index < -0.39 is 17.9 Å². The van der Waals surface area contributed by atoms with Crippen LogP contribution < -0.4 is 5.32 Å². The molecule has 0 saturated heterocycles. The Morgan fingerprint density at radius 1 is 1.36 bits per heavy atom. The molecule has 0 bridgehead atoms. The maximum absolute atomic E-state index is 13.3. The van der Waals surface area contributed by atoms with Crippen molar-refractivity contribution in [3.05, 3.63) is 53.3 Å². The number of esters is 1. The molecule has 3 rings (SSSR count). The Hall–Kier alpha value is -3.30. The molecule has 0 radical (unpaired) electrons. The monoisotopic (exact) mass is 381 g/mol. The summed E-state index contributed by atoms with van der Waals surface area (Å²) in [6.45, 7) is 3.79. The molecule has 0 saturated carbocycles. The van der Waals surface area contributed by atoms with Crippen molar-refractivity contribution in [2.45, 2.75) is 20.0 Å².